The summed E-state index contributed by atoms with van der Waals surface area (Å²) in [6, 6.07) is 9.40. The van der Waals surface area contributed by atoms with Crippen molar-refractivity contribution in [3.63, 3.8) is 0 Å². The van der Waals surface area contributed by atoms with Crippen molar-refractivity contribution in [1.82, 2.24) is 4.98 Å². The van der Waals surface area contributed by atoms with Gasteiger partial charge in [-0.25, -0.2) is 8.78 Å². The summed E-state index contributed by atoms with van der Waals surface area (Å²) in [5, 5.41) is 0. The van der Waals surface area contributed by atoms with Crippen molar-refractivity contribution < 1.29 is 40.2 Å². The normalized spacial score (nSPS) is 12.2. The molecule has 2 aromatic carbocycles. The zero-order valence-corrected chi connectivity index (χ0v) is 17.7. The minimum Gasteiger partial charge on any atom is -0.459 e. The second-order valence-corrected chi connectivity index (χ2v) is 7.18. The van der Waals surface area contributed by atoms with Gasteiger partial charge in [-0.2, -0.15) is 22.0 Å². The van der Waals surface area contributed by atoms with Crippen LogP contribution in [0, 0.1) is 11.6 Å². The van der Waals surface area contributed by atoms with Crippen molar-refractivity contribution in [2.45, 2.75) is 32.1 Å². The zero-order valence-electron chi connectivity index (χ0n) is 17.7. The average Bonchev–Trinajstić information content (AvgIpc) is 2.75. The van der Waals surface area contributed by atoms with Gasteiger partial charge in [0.25, 0.3) is 0 Å². The van der Waals surface area contributed by atoms with Crippen LogP contribution < -0.4 is 9.47 Å². The third-order valence-electron chi connectivity index (χ3n) is 4.54. The first-order chi connectivity index (χ1) is 16.0. The molecule has 0 spiro atoms. The molecule has 0 saturated carbocycles. The van der Waals surface area contributed by atoms with Crippen LogP contribution in [0.25, 0.3) is 11.3 Å². The molecule has 0 atom stereocenters. The fraction of sp³-hybridized carbons (Fsp3) is 0.208. The van der Waals surface area contributed by atoms with Crippen molar-refractivity contribution in [2.75, 3.05) is 0 Å². The van der Waals surface area contributed by atoms with E-state index in [1.807, 2.05) is 13.0 Å². The van der Waals surface area contributed by atoms with E-state index in [1.165, 1.54) is 12.1 Å². The quantitative estimate of drug-likeness (QED) is 0.244. The van der Waals surface area contributed by atoms with Gasteiger partial charge in [-0.05, 0) is 30.2 Å². The highest BCUT2D eigenvalue weighted by atomic mass is 19.4. The monoisotopic (exact) mass is 485 g/mol. The summed E-state index contributed by atoms with van der Waals surface area (Å²) < 4.78 is 102. The number of aryl methyl sites for hydroxylation is 1. The van der Waals surface area contributed by atoms with Crippen LogP contribution in [0.5, 0.6) is 11.5 Å². The molecule has 1 aromatic heterocycles. The number of rotatable bonds is 8. The molecule has 3 aromatic rings. The number of allylic oxidation sites excluding steroid dienone is 1. The lowest BCUT2D eigenvalue weighted by Crippen LogP contribution is -2.22. The second kappa shape index (κ2) is 10.1. The molecule has 1 heterocycles. The fourth-order valence-electron chi connectivity index (χ4n) is 2.96. The van der Waals surface area contributed by atoms with Gasteiger partial charge in [0.15, 0.2) is 17.4 Å². The third-order valence-corrected chi connectivity index (χ3v) is 4.54. The van der Waals surface area contributed by atoms with E-state index in [1.54, 1.807) is 12.3 Å². The topological polar surface area (TPSA) is 31.4 Å². The molecule has 0 N–H and O–H groups in total. The maximum absolute atomic E-state index is 14.6. The minimum absolute atomic E-state index is 0.0321. The lowest BCUT2D eigenvalue weighted by molar-refractivity contribution is -0.185. The molecule has 180 valence electrons. The SMILES string of the molecule is CCCc1ccc(-c2ccc(C(F)(F)Oc3cc(F)c(O/C=C/C(F)(F)F)c(F)c3)cc2)nc1. The van der Waals surface area contributed by atoms with Gasteiger partial charge < -0.3 is 9.47 Å². The van der Waals surface area contributed by atoms with Crippen LogP contribution in [0.1, 0.15) is 24.5 Å². The standard InChI is InChI=1S/C24H18F7NO2/c1-2-3-15-4-9-21(32-14-15)16-5-7-17(8-6-16)24(30,31)34-18-12-19(25)22(20(26)13-18)33-11-10-23(27,28)29/h4-14H,2-3H2,1H3/b11-10+. The van der Waals surface area contributed by atoms with Crippen LogP contribution in [0.3, 0.4) is 0 Å². The molecule has 0 aliphatic carbocycles. The van der Waals surface area contributed by atoms with Crippen LogP contribution >= 0.6 is 0 Å². The van der Waals surface area contributed by atoms with E-state index >= 15 is 0 Å². The molecule has 34 heavy (non-hydrogen) atoms. The second-order valence-electron chi connectivity index (χ2n) is 7.18. The van der Waals surface area contributed by atoms with Crippen LogP contribution in [-0.2, 0) is 12.5 Å². The van der Waals surface area contributed by atoms with Gasteiger partial charge in [0.2, 0.25) is 0 Å². The van der Waals surface area contributed by atoms with Gasteiger partial charge in [0.1, 0.15) is 5.75 Å². The summed E-state index contributed by atoms with van der Waals surface area (Å²) in [6.45, 7) is 2.04. The van der Waals surface area contributed by atoms with E-state index in [9.17, 15) is 30.7 Å². The van der Waals surface area contributed by atoms with Crippen molar-refractivity contribution in [1.29, 1.82) is 0 Å². The lowest BCUT2D eigenvalue weighted by atomic mass is 10.1. The van der Waals surface area contributed by atoms with E-state index in [4.69, 9.17) is 0 Å². The molecule has 3 rings (SSSR count). The summed E-state index contributed by atoms with van der Waals surface area (Å²) in [7, 11) is 0. The number of ether oxygens (including phenoxy) is 2. The van der Waals surface area contributed by atoms with Crippen molar-refractivity contribution in [3.8, 4) is 22.8 Å². The molecule has 10 heteroatoms. The van der Waals surface area contributed by atoms with Gasteiger partial charge in [-0.1, -0.05) is 31.5 Å². The Hall–Kier alpha value is -3.56. The van der Waals surface area contributed by atoms with E-state index in [2.05, 4.69) is 14.5 Å². The number of nitrogens with zero attached hydrogens (tertiary/aromatic N) is 1. The van der Waals surface area contributed by atoms with Gasteiger partial charge >= 0.3 is 12.3 Å². The number of pyridine rings is 1. The highest BCUT2D eigenvalue weighted by molar-refractivity contribution is 5.59. The zero-order chi connectivity index (χ0) is 24.9. The molecule has 0 unspecified atom stereocenters. The number of hydrogen-bond donors (Lipinski definition) is 0. The highest BCUT2D eigenvalue weighted by Crippen LogP contribution is 2.35. The number of hydrogen-bond acceptors (Lipinski definition) is 3. The number of halogens is 7. The van der Waals surface area contributed by atoms with Crippen molar-refractivity contribution in [3.05, 3.63) is 89.8 Å². The van der Waals surface area contributed by atoms with Gasteiger partial charge in [-0.3, -0.25) is 4.98 Å². The number of benzene rings is 2. The number of alkyl halides is 5. The Bertz CT molecular complexity index is 1120. The van der Waals surface area contributed by atoms with Crippen LogP contribution in [0.2, 0.25) is 0 Å². The summed E-state index contributed by atoms with van der Waals surface area (Å²) >= 11 is 0. The first kappa shape index (κ1) is 25.1. The van der Waals surface area contributed by atoms with Crippen molar-refractivity contribution in [2.24, 2.45) is 0 Å². The van der Waals surface area contributed by atoms with Crippen molar-refractivity contribution >= 4 is 0 Å². The molecule has 0 saturated heterocycles. The Kier molecular flexibility index (Phi) is 7.48. The molecule has 0 radical (unpaired) electrons. The van der Waals surface area contributed by atoms with Gasteiger partial charge in [-0.15, -0.1) is 0 Å². The van der Waals surface area contributed by atoms with Crippen LogP contribution in [0.15, 0.2) is 67.1 Å². The van der Waals surface area contributed by atoms with E-state index < -0.39 is 41.0 Å². The summed E-state index contributed by atoms with van der Waals surface area (Å²) in [5.74, 6) is -5.13. The molecular weight excluding hydrogens is 467 g/mol. The Balaban J connectivity index is 1.74. The summed E-state index contributed by atoms with van der Waals surface area (Å²) in [4.78, 5) is 4.31. The Morgan fingerprint density at radius 2 is 1.56 bits per heavy atom. The maximum atomic E-state index is 14.6. The first-order valence-electron chi connectivity index (χ1n) is 10.0. The van der Waals surface area contributed by atoms with E-state index in [0.29, 0.717) is 23.4 Å². The fourth-order valence-corrected chi connectivity index (χ4v) is 2.96. The van der Waals surface area contributed by atoms with E-state index in [-0.39, 0.29) is 12.3 Å². The third kappa shape index (κ3) is 6.49. The summed E-state index contributed by atoms with van der Waals surface area (Å²) in [5.41, 5.74) is 1.62. The Morgan fingerprint density at radius 3 is 2.09 bits per heavy atom. The predicted molar refractivity (Wildman–Crippen MR) is 110 cm³/mol. The van der Waals surface area contributed by atoms with Gasteiger partial charge in [0.05, 0.1) is 23.6 Å². The molecule has 0 fully saturated rings. The first-order valence-corrected chi connectivity index (χ1v) is 10.0. The maximum Gasteiger partial charge on any atom is 0.426 e. The average molecular weight is 485 g/mol. The van der Waals surface area contributed by atoms with Gasteiger partial charge in [0, 0.05) is 23.9 Å². The summed E-state index contributed by atoms with van der Waals surface area (Å²) in [6.07, 6.45) is -5.54. The Morgan fingerprint density at radius 1 is 0.912 bits per heavy atom. The number of aromatic nitrogens is 1. The smallest absolute Gasteiger partial charge is 0.426 e. The molecule has 0 aliphatic heterocycles. The van der Waals surface area contributed by atoms with E-state index in [0.717, 1.165) is 30.5 Å². The highest BCUT2D eigenvalue weighted by Gasteiger charge is 2.35. The van der Waals surface area contributed by atoms with Crippen LogP contribution in [-0.4, -0.2) is 11.2 Å². The predicted octanol–water partition coefficient (Wildman–Crippen LogP) is 7.56. The minimum atomic E-state index is -4.76. The lowest BCUT2D eigenvalue weighted by Gasteiger charge is -2.19. The molecular formula is C24H18F7NO2. The largest absolute Gasteiger partial charge is 0.459 e. The van der Waals surface area contributed by atoms with Crippen LogP contribution in [0.4, 0.5) is 30.7 Å². The molecule has 0 amide bonds. The molecule has 3 nitrogen and oxygen atoms in total. The molecule has 0 aliphatic rings. The molecule has 0 bridgehead atoms. The Labute approximate surface area is 190 Å².